The molecule has 2 N–H and O–H groups in total. The Morgan fingerprint density at radius 1 is 0.963 bits per heavy atom. The summed E-state index contributed by atoms with van der Waals surface area (Å²) in [5.74, 6) is 0. The molecule has 0 spiro atoms. The van der Waals surface area contributed by atoms with Crippen LogP contribution in [0.4, 0.5) is 5.69 Å². The lowest BCUT2D eigenvalue weighted by Gasteiger charge is -1.98. The Balaban J connectivity index is 0.000000425. The molecule has 0 unspecified atom stereocenters. The fourth-order valence-electron chi connectivity index (χ4n) is 2.03. The Bertz CT molecular complexity index is 810. The molecule has 0 saturated carbocycles. The second-order valence-electron chi connectivity index (χ2n) is 5.41. The molecule has 0 bridgehead atoms. The summed E-state index contributed by atoms with van der Waals surface area (Å²) >= 11 is 0. The molecule has 27 heavy (non-hydrogen) atoms. The van der Waals surface area contributed by atoms with Crippen molar-refractivity contribution >= 4 is 17.5 Å². The second-order valence-corrected chi connectivity index (χ2v) is 5.41. The highest BCUT2D eigenvalue weighted by molar-refractivity contribution is 5.84. The molecule has 0 aliphatic heterocycles. The van der Waals surface area contributed by atoms with Gasteiger partial charge in [0, 0.05) is 19.0 Å². The standard InChI is InChI=1S/C9H11N3.C8H11N3.2C2H6/c1-6-4-9-10-7(2)5-12(9)11-8(6)3;1-6-3-4-7(9)8(11-6)5-10-2;2*1-2/h4-5H,1-3H3;3-5H,9H2,1-2H3;2*1-2H3. The number of nitrogens with two attached hydrogens (primary N) is 1. The summed E-state index contributed by atoms with van der Waals surface area (Å²) in [7, 11) is 1.70. The third-order valence-electron chi connectivity index (χ3n) is 3.36. The highest BCUT2D eigenvalue weighted by Crippen LogP contribution is 2.08. The van der Waals surface area contributed by atoms with Gasteiger partial charge in [0.25, 0.3) is 0 Å². The Kier molecular flexibility index (Phi) is 11.3. The number of fused-ring (bicyclic) bond motifs is 1. The Hall–Kier alpha value is -2.76. The maximum atomic E-state index is 5.62. The van der Waals surface area contributed by atoms with Gasteiger partial charge in [0.1, 0.15) is 5.69 Å². The SMILES string of the molecule is CC.CC.CN=Cc1nc(C)ccc1N.Cc1cn2nc(C)c(C)cc2n1. The average molecular weight is 371 g/mol. The van der Waals surface area contributed by atoms with E-state index in [0.29, 0.717) is 5.69 Å². The Morgan fingerprint density at radius 3 is 2.19 bits per heavy atom. The molecule has 0 aliphatic carbocycles. The zero-order chi connectivity index (χ0) is 21.0. The van der Waals surface area contributed by atoms with Gasteiger partial charge in [-0.05, 0) is 51.5 Å². The zero-order valence-corrected chi connectivity index (χ0v) is 18.2. The summed E-state index contributed by atoms with van der Waals surface area (Å²) in [6, 6.07) is 5.76. The molecular formula is C21H34N6. The summed E-state index contributed by atoms with van der Waals surface area (Å²) < 4.78 is 1.82. The van der Waals surface area contributed by atoms with Crippen LogP contribution in [0.5, 0.6) is 0 Å². The molecule has 6 nitrogen and oxygen atoms in total. The summed E-state index contributed by atoms with van der Waals surface area (Å²) in [4.78, 5) is 12.3. The molecule has 3 rings (SSSR count). The van der Waals surface area contributed by atoms with Gasteiger partial charge >= 0.3 is 0 Å². The summed E-state index contributed by atoms with van der Waals surface area (Å²) in [6.07, 6.45) is 3.59. The maximum Gasteiger partial charge on any atom is 0.154 e. The van der Waals surface area contributed by atoms with Gasteiger partial charge in [-0.15, -0.1) is 0 Å². The summed E-state index contributed by atoms with van der Waals surface area (Å²) in [5.41, 5.74) is 12.2. The summed E-state index contributed by atoms with van der Waals surface area (Å²) in [5, 5.41) is 4.35. The maximum absolute atomic E-state index is 5.62. The number of aryl methyl sites for hydroxylation is 4. The van der Waals surface area contributed by atoms with Crippen LogP contribution in [0.2, 0.25) is 0 Å². The average Bonchev–Trinajstić information content (AvgIpc) is 3.01. The van der Waals surface area contributed by atoms with Crippen molar-refractivity contribution in [1.29, 1.82) is 0 Å². The van der Waals surface area contributed by atoms with Gasteiger partial charge < -0.3 is 5.73 Å². The monoisotopic (exact) mass is 370 g/mol. The van der Waals surface area contributed by atoms with Gasteiger partial charge in [-0.2, -0.15) is 5.10 Å². The lowest BCUT2D eigenvalue weighted by Crippen LogP contribution is -1.97. The van der Waals surface area contributed by atoms with E-state index in [-0.39, 0.29) is 0 Å². The van der Waals surface area contributed by atoms with Crippen molar-refractivity contribution in [3.05, 3.63) is 52.7 Å². The normalized spacial score (nSPS) is 9.67. The van der Waals surface area contributed by atoms with Gasteiger partial charge in [-0.25, -0.2) is 14.5 Å². The number of nitrogen functional groups attached to an aromatic ring is 1. The second kappa shape index (κ2) is 12.6. The molecule has 0 amide bonds. The van der Waals surface area contributed by atoms with Crippen molar-refractivity contribution in [2.45, 2.75) is 55.4 Å². The number of aliphatic imine (C=N–C) groups is 1. The lowest BCUT2D eigenvalue weighted by atomic mass is 10.2. The number of imidazole rings is 1. The first-order valence-corrected chi connectivity index (χ1v) is 9.36. The molecule has 0 atom stereocenters. The van der Waals surface area contributed by atoms with Crippen LogP contribution in [-0.2, 0) is 0 Å². The van der Waals surface area contributed by atoms with Gasteiger partial charge in [0.05, 0.1) is 23.3 Å². The van der Waals surface area contributed by atoms with Crippen LogP contribution < -0.4 is 5.73 Å². The number of rotatable bonds is 1. The topological polar surface area (TPSA) is 81.5 Å². The van der Waals surface area contributed by atoms with E-state index in [1.54, 1.807) is 13.3 Å². The van der Waals surface area contributed by atoms with Crippen LogP contribution in [0, 0.1) is 27.7 Å². The smallest absolute Gasteiger partial charge is 0.154 e. The first kappa shape index (κ1) is 24.2. The van der Waals surface area contributed by atoms with Gasteiger partial charge in [0.15, 0.2) is 5.65 Å². The molecule has 3 aromatic rings. The molecule has 148 valence electrons. The quantitative estimate of drug-likeness (QED) is 0.628. The fourth-order valence-corrected chi connectivity index (χ4v) is 2.03. The number of aromatic nitrogens is 4. The van der Waals surface area contributed by atoms with E-state index >= 15 is 0 Å². The van der Waals surface area contributed by atoms with E-state index < -0.39 is 0 Å². The van der Waals surface area contributed by atoms with Crippen molar-refractivity contribution in [2.24, 2.45) is 4.99 Å². The van der Waals surface area contributed by atoms with Crippen LogP contribution in [-0.4, -0.2) is 32.8 Å². The van der Waals surface area contributed by atoms with Crippen molar-refractivity contribution in [1.82, 2.24) is 19.6 Å². The minimum Gasteiger partial charge on any atom is -0.397 e. The highest BCUT2D eigenvalue weighted by Gasteiger charge is 2.00. The van der Waals surface area contributed by atoms with Crippen molar-refractivity contribution in [3.63, 3.8) is 0 Å². The van der Waals surface area contributed by atoms with Crippen molar-refractivity contribution < 1.29 is 0 Å². The third kappa shape index (κ3) is 7.56. The van der Waals surface area contributed by atoms with Gasteiger partial charge in [0.2, 0.25) is 0 Å². The van der Waals surface area contributed by atoms with Crippen LogP contribution in [0.25, 0.3) is 5.65 Å². The molecule has 0 radical (unpaired) electrons. The van der Waals surface area contributed by atoms with Crippen LogP contribution in [0.3, 0.4) is 0 Å². The number of anilines is 1. The molecular weight excluding hydrogens is 336 g/mol. The van der Waals surface area contributed by atoms with E-state index in [4.69, 9.17) is 5.73 Å². The molecule has 0 fully saturated rings. The Labute approximate surface area is 163 Å². The molecule has 3 heterocycles. The van der Waals surface area contributed by atoms with Crippen LogP contribution in [0.15, 0.2) is 29.4 Å². The first-order chi connectivity index (χ1) is 12.9. The lowest BCUT2D eigenvalue weighted by molar-refractivity contribution is 0.888. The molecule has 0 aliphatic rings. The zero-order valence-electron chi connectivity index (χ0n) is 18.2. The minimum atomic E-state index is 0.668. The number of pyridine rings is 1. The molecule has 6 heteroatoms. The number of hydrogen-bond donors (Lipinski definition) is 1. The molecule has 0 saturated heterocycles. The van der Waals surface area contributed by atoms with E-state index in [0.717, 1.165) is 28.4 Å². The number of nitrogens with zero attached hydrogens (tertiary/aromatic N) is 5. The number of hydrogen-bond acceptors (Lipinski definition) is 5. The van der Waals surface area contributed by atoms with E-state index in [1.165, 1.54) is 5.56 Å². The Morgan fingerprint density at radius 2 is 1.59 bits per heavy atom. The third-order valence-corrected chi connectivity index (χ3v) is 3.36. The van der Waals surface area contributed by atoms with E-state index in [2.05, 4.69) is 26.1 Å². The largest absolute Gasteiger partial charge is 0.397 e. The van der Waals surface area contributed by atoms with Crippen molar-refractivity contribution in [3.8, 4) is 0 Å². The van der Waals surface area contributed by atoms with Crippen LogP contribution >= 0.6 is 0 Å². The predicted molar refractivity (Wildman–Crippen MR) is 117 cm³/mol. The minimum absolute atomic E-state index is 0.668. The van der Waals surface area contributed by atoms with Crippen molar-refractivity contribution in [2.75, 3.05) is 12.8 Å². The van der Waals surface area contributed by atoms with Crippen LogP contribution in [0.1, 0.15) is 56.0 Å². The predicted octanol–water partition coefficient (Wildman–Crippen LogP) is 4.73. The van der Waals surface area contributed by atoms with E-state index in [9.17, 15) is 0 Å². The molecule has 3 aromatic heterocycles. The van der Waals surface area contributed by atoms with Gasteiger partial charge in [-0.3, -0.25) is 4.99 Å². The fraction of sp³-hybridized carbons (Fsp3) is 0.429. The first-order valence-electron chi connectivity index (χ1n) is 9.36. The summed E-state index contributed by atoms with van der Waals surface area (Å²) in [6.45, 7) is 15.9. The van der Waals surface area contributed by atoms with E-state index in [1.807, 2.05) is 78.2 Å². The highest BCUT2D eigenvalue weighted by atomic mass is 15.2. The molecule has 0 aromatic carbocycles. The van der Waals surface area contributed by atoms with Gasteiger partial charge in [-0.1, -0.05) is 27.7 Å².